The maximum atomic E-state index is 12.2. The first-order chi connectivity index (χ1) is 11.3. The number of carbonyl (C=O) groups excluding carboxylic acids is 1. The first kappa shape index (κ1) is 18.4. The van der Waals surface area contributed by atoms with Gasteiger partial charge in [0.2, 0.25) is 15.9 Å². The molecule has 1 heterocycles. The summed E-state index contributed by atoms with van der Waals surface area (Å²) in [5, 5.41) is 6.95. The molecule has 1 aromatic carbocycles. The molecule has 0 spiro atoms. The molecule has 0 aliphatic carbocycles. The van der Waals surface area contributed by atoms with Crippen LogP contribution in [-0.2, 0) is 21.4 Å². The monoisotopic (exact) mass is 371 g/mol. The number of hydrogen-bond acceptors (Lipinski definition) is 5. The molecule has 2 N–H and O–H groups in total. The summed E-state index contributed by atoms with van der Waals surface area (Å²) in [5.74, 6) is -0.0430. The van der Waals surface area contributed by atoms with E-state index in [1.165, 1.54) is 6.92 Å². The molecule has 130 valence electrons. The van der Waals surface area contributed by atoms with E-state index in [1.54, 1.807) is 19.1 Å². The molecular formula is C15H18ClN3O4S. The van der Waals surface area contributed by atoms with Crippen molar-refractivity contribution in [3.63, 3.8) is 0 Å². The first-order valence-corrected chi connectivity index (χ1v) is 9.09. The highest BCUT2D eigenvalue weighted by Gasteiger charge is 2.23. The number of amides is 1. The molecule has 0 fully saturated rings. The van der Waals surface area contributed by atoms with Gasteiger partial charge in [0.25, 0.3) is 0 Å². The Morgan fingerprint density at radius 3 is 2.50 bits per heavy atom. The highest BCUT2D eigenvalue weighted by Crippen LogP contribution is 2.18. The largest absolute Gasteiger partial charge is 0.360 e. The first-order valence-electron chi connectivity index (χ1n) is 7.23. The number of nitrogens with one attached hydrogen (secondary N) is 2. The van der Waals surface area contributed by atoms with E-state index in [0.717, 1.165) is 5.56 Å². The number of nitrogens with zero attached hydrogens (tertiary/aromatic N) is 1. The zero-order valence-corrected chi connectivity index (χ0v) is 14.9. The second-order valence-electron chi connectivity index (χ2n) is 5.20. The third kappa shape index (κ3) is 4.80. The van der Waals surface area contributed by atoms with Crippen LogP contribution in [0.25, 0.3) is 0 Å². The molecule has 0 bridgehead atoms. The summed E-state index contributed by atoms with van der Waals surface area (Å²) >= 11 is 5.79. The van der Waals surface area contributed by atoms with Crippen LogP contribution in [0.5, 0.6) is 0 Å². The summed E-state index contributed by atoms with van der Waals surface area (Å²) < 4.78 is 31.6. The van der Waals surface area contributed by atoms with E-state index in [1.807, 2.05) is 12.1 Å². The maximum absolute atomic E-state index is 12.2. The Hall–Kier alpha value is -1.90. The molecule has 0 radical (unpaired) electrons. The van der Waals surface area contributed by atoms with Crippen LogP contribution in [0.2, 0.25) is 5.02 Å². The number of halogens is 1. The number of hydrogen-bond donors (Lipinski definition) is 2. The minimum Gasteiger partial charge on any atom is -0.360 e. The van der Waals surface area contributed by atoms with Crippen molar-refractivity contribution in [2.24, 2.45) is 0 Å². The van der Waals surface area contributed by atoms with Crippen LogP contribution in [0.3, 0.4) is 0 Å². The van der Waals surface area contributed by atoms with Gasteiger partial charge < -0.3 is 9.84 Å². The molecule has 0 atom stereocenters. The number of aryl methyl sites for hydroxylation is 2. The molecular weight excluding hydrogens is 354 g/mol. The predicted molar refractivity (Wildman–Crippen MR) is 89.1 cm³/mol. The topological polar surface area (TPSA) is 101 Å². The summed E-state index contributed by atoms with van der Waals surface area (Å²) in [5.41, 5.74) is 1.19. The second kappa shape index (κ2) is 7.78. The predicted octanol–water partition coefficient (Wildman–Crippen LogP) is 1.93. The van der Waals surface area contributed by atoms with Crippen LogP contribution in [0, 0.1) is 13.8 Å². The minimum atomic E-state index is -3.75. The van der Waals surface area contributed by atoms with Gasteiger partial charge in [-0.05, 0) is 31.5 Å². The zero-order chi connectivity index (χ0) is 17.7. The Labute approximate surface area is 145 Å². The van der Waals surface area contributed by atoms with Gasteiger partial charge in [-0.3, -0.25) is 4.79 Å². The zero-order valence-electron chi connectivity index (χ0n) is 13.3. The molecule has 9 heteroatoms. The Balaban J connectivity index is 1.81. The Kier molecular flexibility index (Phi) is 5.98. The van der Waals surface area contributed by atoms with Gasteiger partial charge in [0.1, 0.15) is 10.6 Å². The van der Waals surface area contributed by atoms with Gasteiger partial charge in [-0.2, -0.15) is 0 Å². The van der Waals surface area contributed by atoms with Gasteiger partial charge in [-0.25, -0.2) is 13.1 Å². The van der Waals surface area contributed by atoms with Gasteiger partial charge in [0.15, 0.2) is 5.76 Å². The Morgan fingerprint density at radius 1 is 1.25 bits per heavy atom. The van der Waals surface area contributed by atoms with Crippen LogP contribution in [0.4, 0.5) is 0 Å². The molecule has 0 saturated carbocycles. The highest BCUT2D eigenvalue weighted by molar-refractivity contribution is 7.89. The van der Waals surface area contributed by atoms with E-state index < -0.39 is 10.0 Å². The third-order valence-corrected chi connectivity index (χ3v) is 5.24. The van der Waals surface area contributed by atoms with Crippen molar-refractivity contribution in [2.75, 3.05) is 6.54 Å². The standard InChI is InChI=1S/C15H18ClN3O4S/c1-10-15(11(2)23-19-10)24(21,22)18-8-7-14(20)17-9-12-3-5-13(16)6-4-12/h3-6,18H,7-9H2,1-2H3,(H,17,20). The van der Waals surface area contributed by atoms with Crippen LogP contribution < -0.4 is 10.0 Å². The molecule has 1 amide bonds. The molecule has 7 nitrogen and oxygen atoms in total. The van der Waals surface area contributed by atoms with Crippen molar-refractivity contribution in [2.45, 2.75) is 31.7 Å². The number of carbonyl (C=O) groups is 1. The molecule has 2 aromatic rings. The lowest BCUT2D eigenvalue weighted by atomic mass is 10.2. The van der Waals surface area contributed by atoms with Crippen molar-refractivity contribution in [3.8, 4) is 0 Å². The van der Waals surface area contributed by atoms with E-state index in [9.17, 15) is 13.2 Å². The molecule has 0 saturated heterocycles. The van der Waals surface area contributed by atoms with Crippen molar-refractivity contribution in [1.29, 1.82) is 0 Å². The highest BCUT2D eigenvalue weighted by atomic mass is 35.5. The van der Waals surface area contributed by atoms with Crippen molar-refractivity contribution in [3.05, 3.63) is 46.3 Å². The van der Waals surface area contributed by atoms with Gasteiger partial charge in [0.05, 0.1) is 0 Å². The molecule has 0 aliphatic heterocycles. The number of benzene rings is 1. The van der Waals surface area contributed by atoms with Crippen molar-refractivity contribution >= 4 is 27.5 Å². The van der Waals surface area contributed by atoms with E-state index in [4.69, 9.17) is 16.1 Å². The Morgan fingerprint density at radius 2 is 1.92 bits per heavy atom. The van der Waals surface area contributed by atoms with Gasteiger partial charge >= 0.3 is 0 Å². The fourth-order valence-corrected chi connectivity index (χ4v) is 3.60. The SMILES string of the molecule is Cc1noc(C)c1S(=O)(=O)NCCC(=O)NCc1ccc(Cl)cc1. The van der Waals surface area contributed by atoms with Crippen LogP contribution >= 0.6 is 11.6 Å². The summed E-state index contributed by atoms with van der Waals surface area (Å²) in [6, 6.07) is 7.09. The van der Waals surface area contributed by atoms with Gasteiger partial charge in [-0.1, -0.05) is 28.9 Å². The molecule has 2 rings (SSSR count). The summed E-state index contributed by atoms with van der Waals surface area (Å²) in [6.07, 6.45) is 0.0240. The maximum Gasteiger partial charge on any atom is 0.245 e. The van der Waals surface area contributed by atoms with Gasteiger partial charge in [-0.15, -0.1) is 0 Å². The number of sulfonamides is 1. The summed E-state index contributed by atoms with van der Waals surface area (Å²) in [6.45, 7) is 3.41. The smallest absolute Gasteiger partial charge is 0.245 e. The fraction of sp³-hybridized carbons (Fsp3) is 0.333. The number of aromatic nitrogens is 1. The average molecular weight is 372 g/mol. The lowest BCUT2D eigenvalue weighted by Gasteiger charge is -2.07. The lowest BCUT2D eigenvalue weighted by molar-refractivity contribution is -0.121. The minimum absolute atomic E-state index is 0.0150. The average Bonchev–Trinajstić information content (AvgIpc) is 2.86. The molecule has 1 aromatic heterocycles. The van der Waals surface area contributed by atoms with E-state index in [2.05, 4.69) is 15.2 Å². The molecule has 24 heavy (non-hydrogen) atoms. The summed E-state index contributed by atoms with van der Waals surface area (Å²) in [4.78, 5) is 11.8. The molecule has 0 aliphatic rings. The van der Waals surface area contributed by atoms with Gasteiger partial charge in [0, 0.05) is 24.5 Å². The summed E-state index contributed by atoms with van der Waals surface area (Å²) in [7, 11) is -3.75. The Bertz CT molecular complexity index is 796. The van der Waals surface area contributed by atoms with Crippen LogP contribution in [0.15, 0.2) is 33.7 Å². The van der Waals surface area contributed by atoms with E-state index >= 15 is 0 Å². The van der Waals surface area contributed by atoms with Crippen LogP contribution in [-0.4, -0.2) is 26.0 Å². The normalized spacial score (nSPS) is 11.5. The quantitative estimate of drug-likeness (QED) is 0.774. The van der Waals surface area contributed by atoms with Crippen molar-refractivity contribution < 1.29 is 17.7 Å². The third-order valence-electron chi connectivity index (χ3n) is 3.28. The van der Waals surface area contributed by atoms with Crippen LogP contribution in [0.1, 0.15) is 23.4 Å². The lowest BCUT2D eigenvalue weighted by Crippen LogP contribution is -2.31. The van der Waals surface area contributed by atoms with Crippen molar-refractivity contribution in [1.82, 2.24) is 15.2 Å². The fourth-order valence-electron chi connectivity index (χ4n) is 2.12. The second-order valence-corrected chi connectivity index (χ2v) is 7.34. The van der Waals surface area contributed by atoms with E-state index in [-0.39, 0.29) is 35.2 Å². The molecule has 0 unspecified atom stereocenters. The van der Waals surface area contributed by atoms with E-state index in [0.29, 0.717) is 11.6 Å². The number of rotatable bonds is 7.